The van der Waals surface area contributed by atoms with Crippen LogP contribution in [-0.4, -0.2) is 49.0 Å². The van der Waals surface area contributed by atoms with Crippen molar-refractivity contribution in [2.45, 2.75) is 12.4 Å². The van der Waals surface area contributed by atoms with Gasteiger partial charge < -0.3 is 9.13 Å². The van der Waals surface area contributed by atoms with Gasteiger partial charge in [-0.15, -0.1) is 0 Å². The van der Waals surface area contributed by atoms with Gasteiger partial charge in [0.25, 0.3) is 0 Å². The van der Waals surface area contributed by atoms with E-state index in [0.717, 1.165) is 6.07 Å². The maximum Gasteiger partial charge on any atom is 0.417 e. The number of rotatable bonds is 7. The zero-order chi connectivity index (χ0) is 49.3. The minimum atomic E-state index is -5.26. The number of hydrogen-bond acceptors (Lipinski definition) is 9. The molecule has 6 aromatic carbocycles. The van der Waals surface area contributed by atoms with Crippen LogP contribution < -0.4 is 0 Å². The van der Waals surface area contributed by atoms with Crippen molar-refractivity contribution in [1.29, 1.82) is 5.26 Å². The largest absolute Gasteiger partial charge is 0.417 e. The molecular formula is C55H29F6N11. The van der Waals surface area contributed by atoms with Gasteiger partial charge in [0.05, 0.1) is 44.6 Å². The zero-order valence-electron chi connectivity index (χ0n) is 36.9. The number of nitrogens with zero attached hydrogens (tertiary/aromatic N) is 11. The van der Waals surface area contributed by atoms with Crippen LogP contribution in [-0.2, 0) is 12.4 Å². The lowest BCUT2D eigenvalue weighted by atomic mass is 9.90. The second kappa shape index (κ2) is 16.8. The van der Waals surface area contributed by atoms with Crippen molar-refractivity contribution in [3.63, 3.8) is 0 Å². The van der Waals surface area contributed by atoms with Gasteiger partial charge in [-0.1, -0.05) is 12.1 Å². The number of benzene rings is 6. The standard InChI is InChI=1S/C55H29F6N11/c56-54(57,58)41-6-1-7-42(55(59,60)61)48(41)35-12-17-47(71-43-13-8-31(50-63-18-2-19-64-50)26-36(43)37-27-32(9-14-44(37)71)51-65-20-3-21-66-51)40(30-62)49(35)72-45-15-10-33(52-67-22-4-23-68-52)28-38(45)39-29-34(11-16-46(39)72)53-69-24-5-25-70-53/h1-29H. The van der Waals surface area contributed by atoms with Gasteiger partial charge >= 0.3 is 12.4 Å². The zero-order valence-corrected chi connectivity index (χ0v) is 36.9. The SMILES string of the molecule is N#Cc1c(-n2c3ccc(-c4ncccn4)cc3c3cc(-c4ncccn4)ccc32)ccc(-c2c(C(F)(F)F)cccc2C(F)(F)F)c1-n1c2ccc(-c3ncccn3)cc2c2cc(-c3ncccn3)ccc21. The van der Waals surface area contributed by atoms with Crippen molar-refractivity contribution < 1.29 is 26.3 Å². The van der Waals surface area contributed by atoms with Crippen LogP contribution in [0.25, 0.3) is 112 Å². The molecule has 0 bridgehead atoms. The Kier molecular flexibility index (Phi) is 10.2. The molecular weight excluding hydrogens is 929 g/mol. The first kappa shape index (κ1) is 43.6. The average Bonchev–Trinajstić information content (AvgIpc) is 3.91. The molecule has 0 atom stereocenters. The maximum atomic E-state index is 15.4. The maximum absolute atomic E-state index is 15.4. The van der Waals surface area contributed by atoms with E-state index in [9.17, 15) is 5.26 Å². The minimum absolute atomic E-state index is 0.167. The number of nitriles is 1. The molecule has 6 heterocycles. The first-order valence-corrected chi connectivity index (χ1v) is 22.1. The highest BCUT2D eigenvalue weighted by molar-refractivity contribution is 6.14. The topological polar surface area (TPSA) is 137 Å². The first-order chi connectivity index (χ1) is 35.0. The van der Waals surface area contributed by atoms with Crippen LogP contribution in [0.15, 0.2) is 177 Å². The Morgan fingerprint density at radius 3 is 1.04 bits per heavy atom. The molecule has 0 unspecified atom stereocenters. The summed E-state index contributed by atoms with van der Waals surface area (Å²) < 4.78 is 95.5. The van der Waals surface area contributed by atoms with Crippen LogP contribution in [0.5, 0.6) is 0 Å². The number of halogens is 6. The van der Waals surface area contributed by atoms with Crippen molar-refractivity contribution in [3.8, 4) is 74.1 Å². The quantitative estimate of drug-likeness (QED) is 0.143. The molecule has 12 rings (SSSR count). The summed E-state index contributed by atoms with van der Waals surface area (Å²) >= 11 is 0. The molecule has 11 nitrogen and oxygen atoms in total. The normalized spacial score (nSPS) is 12.0. The van der Waals surface area contributed by atoms with Crippen LogP contribution >= 0.6 is 0 Å². The third kappa shape index (κ3) is 7.23. The van der Waals surface area contributed by atoms with Crippen LogP contribution in [0.3, 0.4) is 0 Å². The molecule has 12 aromatic rings. The molecule has 0 aliphatic carbocycles. The third-order valence-electron chi connectivity index (χ3n) is 12.5. The average molecular weight is 958 g/mol. The Hall–Kier alpha value is -9.69. The molecule has 0 fully saturated rings. The van der Waals surface area contributed by atoms with E-state index in [0.29, 0.717) is 101 Å². The number of hydrogen-bond donors (Lipinski definition) is 0. The molecule has 0 saturated heterocycles. The molecule has 0 amide bonds. The minimum Gasteiger partial charge on any atom is -0.308 e. The fraction of sp³-hybridized carbons (Fsp3) is 0.0364. The monoisotopic (exact) mass is 957 g/mol. The lowest BCUT2D eigenvalue weighted by Crippen LogP contribution is -2.16. The third-order valence-corrected chi connectivity index (χ3v) is 12.5. The Balaban J connectivity index is 1.24. The van der Waals surface area contributed by atoms with Gasteiger partial charge in [-0.2, -0.15) is 31.6 Å². The number of aromatic nitrogens is 10. The van der Waals surface area contributed by atoms with Crippen LogP contribution in [0, 0.1) is 11.3 Å². The molecule has 6 aromatic heterocycles. The van der Waals surface area contributed by atoms with Crippen LogP contribution in [0.2, 0.25) is 0 Å². The molecule has 0 aliphatic rings. The van der Waals surface area contributed by atoms with Gasteiger partial charge in [-0.05, 0) is 115 Å². The molecule has 0 N–H and O–H groups in total. The van der Waals surface area contributed by atoms with Crippen molar-refractivity contribution in [2.75, 3.05) is 0 Å². The van der Waals surface area contributed by atoms with E-state index in [4.69, 9.17) is 0 Å². The summed E-state index contributed by atoms with van der Waals surface area (Å²) in [6.45, 7) is 0. The van der Waals surface area contributed by atoms with Gasteiger partial charge in [0.1, 0.15) is 11.6 Å². The lowest BCUT2D eigenvalue weighted by Gasteiger charge is -2.24. The summed E-state index contributed by atoms with van der Waals surface area (Å²) in [7, 11) is 0. The lowest BCUT2D eigenvalue weighted by molar-refractivity contribution is -0.142. The van der Waals surface area contributed by atoms with Crippen LogP contribution in [0.4, 0.5) is 26.3 Å². The molecule has 72 heavy (non-hydrogen) atoms. The van der Waals surface area contributed by atoms with Crippen LogP contribution in [0.1, 0.15) is 16.7 Å². The van der Waals surface area contributed by atoms with Gasteiger partial charge in [0.2, 0.25) is 0 Å². The first-order valence-electron chi connectivity index (χ1n) is 22.1. The van der Waals surface area contributed by atoms with Crippen molar-refractivity contribution in [2.24, 2.45) is 0 Å². The van der Waals surface area contributed by atoms with E-state index in [1.54, 1.807) is 132 Å². The molecule has 0 saturated carbocycles. The van der Waals surface area contributed by atoms with E-state index >= 15 is 26.3 Å². The summed E-state index contributed by atoms with van der Waals surface area (Å²) in [5, 5.41) is 14.1. The Morgan fingerprint density at radius 2 is 0.722 bits per heavy atom. The summed E-state index contributed by atoms with van der Waals surface area (Å²) in [5.74, 6) is 1.61. The van der Waals surface area contributed by atoms with Gasteiger partial charge in [-0.3, -0.25) is 0 Å². The summed E-state index contributed by atoms with van der Waals surface area (Å²) in [6, 6.07) is 35.0. The molecule has 0 aliphatic heterocycles. The van der Waals surface area contributed by atoms with E-state index in [-0.39, 0.29) is 16.9 Å². The number of fused-ring (bicyclic) bond motifs is 6. The van der Waals surface area contributed by atoms with E-state index in [2.05, 4.69) is 45.9 Å². The van der Waals surface area contributed by atoms with Crippen molar-refractivity contribution >= 4 is 43.6 Å². The smallest absolute Gasteiger partial charge is 0.308 e. The van der Waals surface area contributed by atoms with E-state index < -0.39 is 34.6 Å². The van der Waals surface area contributed by atoms with E-state index in [1.807, 2.05) is 24.3 Å². The fourth-order valence-electron chi connectivity index (χ4n) is 9.52. The predicted octanol–water partition coefficient (Wildman–Crippen LogP) is 13.3. The Morgan fingerprint density at radius 1 is 0.389 bits per heavy atom. The number of alkyl halides is 6. The fourth-order valence-corrected chi connectivity index (χ4v) is 9.52. The highest BCUT2D eigenvalue weighted by atomic mass is 19.4. The molecule has 17 heteroatoms. The summed E-state index contributed by atoms with van der Waals surface area (Å²) in [5.41, 5.74) is -0.714. The summed E-state index contributed by atoms with van der Waals surface area (Å²) in [4.78, 5) is 35.6. The highest BCUT2D eigenvalue weighted by Gasteiger charge is 2.42. The Bertz CT molecular complexity index is 3910. The highest BCUT2D eigenvalue weighted by Crippen LogP contribution is 2.50. The van der Waals surface area contributed by atoms with E-state index in [1.165, 1.54) is 12.1 Å². The molecule has 0 radical (unpaired) electrons. The molecule has 0 spiro atoms. The molecule has 346 valence electrons. The second-order valence-corrected chi connectivity index (χ2v) is 16.6. The Labute approximate surface area is 403 Å². The van der Waals surface area contributed by atoms with Crippen molar-refractivity contribution in [1.82, 2.24) is 49.0 Å². The predicted molar refractivity (Wildman–Crippen MR) is 259 cm³/mol. The van der Waals surface area contributed by atoms with Crippen molar-refractivity contribution in [3.05, 3.63) is 194 Å². The van der Waals surface area contributed by atoms with Gasteiger partial charge in [-0.25, -0.2) is 39.9 Å². The second-order valence-electron chi connectivity index (χ2n) is 16.6. The summed E-state index contributed by atoms with van der Waals surface area (Å²) in [6.07, 6.45) is 2.26. The van der Waals surface area contributed by atoms with Gasteiger partial charge in [0.15, 0.2) is 23.3 Å². The van der Waals surface area contributed by atoms with Gasteiger partial charge in [0, 0.05) is 105 Å².